The van der Waals surface area contributed by atoms with E-state index in [0.717, 1.165) is 43.7 Å². The fourth-order valence-electron chi connectivity index (χ4n) is 3.26. The molecule has 0 radical (unpaired) electrons. The molecule has 2 aromatic heterocycles. The Bertz CT molecular complexity index is 701. The summed E-state index contributed by atoms with van der Waals surface area (Å²) in [4.78, 5) is 19.0. The number of pyridine rings is 1. The second kappa shape index (κ2) is 7.79. The predicted molar refractivity (Wildman–Crippen MR) is 91.8 cm³/mol. The van der Waals surface area contributed by atoms with Crippen LogP contribution in [-0.2, 0) is 17.6 Å². The van der Waals surface area contributed by atoms with Gasteiger partial charge in [0.2, 0.25) is 5.91 Å². The minimum absolute atomic E-state index is 0.171. The van der Waals surface area contributed by atoms with Crippen molar-refractivity contribution in [1.82, 2.24) is 15.0 Å². The molecule has 0 N–H and O–H groups in total. The Labute approximate surface area is 147 Å². The van der Waals surface area contributed by atoms with Crippen LogP contribution in [0.15, 0.2) is 28.8 Å². The van der Waals surface area contributed by atoms with Crippen LogP contribution in [0.3, 0.4) is 0 Å². The first kappa shape index (κ1) is 17.0. The molecule has 0 saturated carbocycles. The van der Waals surface area contributed by atoms with E-state index in [2.05, 4.69) is 16.2 Å². The van der Waals surface area contributed by atoms with Crippen molar-refractivity contribution in [1.29, 1.82) is 0 Å². The highest BCUT2D eigenvalue weighted by atomic mass is 35.5. The third kappa shape index (κ3) is 4.57. The molecule has 6 heteroatoms. The van der Waals surface area contributed by atoms with Crippen molar-refractivity contribution in [2.75, 3.05) is 13.1 Å². The number of halogens is 1. The Balaban J connectivity index is 1.51. The largest absolute Gasteiger partial charge is 0.360 e. The first-order valence-corrected chi connectivity index (χ1v) is 8.79. The molecule has 2 aromatic rings. The third-order valence-electron chi connectivity index (χ3n) is 4.43. The van der Waals surface area contributed by atoms with Gasteiger partial charge in [-0.25, -0.2) is 0 Å². The lowest BCUT2D eigenvalue weighted by molar-refractivity contribution is -0.133. The summed E-state index contributed by atoms with van der Waals surface area (Å²) in [6, 6.07) is 7.79. The number of aromatic nitrogens is 2. The summed E-state index contributed by atoms with van der Waals surface area (Å²) >= 11 is 5.73. The summed E-state index contributed by atoms with van der Waals surface area (Å²) in [7, 11) is 0. The fourth-order valence-corrected chi connectivity index (χ4v) is 3.42. The molecule has 1 aliphatic rings. The SMILES string of the molecule is Cc1cccc(C[C@H]2CCCN(C(=O)CCc3cc(Cl)no3)C2)n1. The number of aryl methyl sites for hydroxylation is 2. The van der Waals surface area contributed by atoms with Crippen LogP contribution in [0.2, 0.25) is 5.15 Å². The van der Waals surface area contributed by atoms with E-state index in [1.807, 2.05) is 24.0 Å². The molecule has 3 heterocycles. The van der Waals surface area contributed by atoms with Gasteiger partial charge in [-0.05, 0) is 44.2 Å². The van der Waals surface area contributed by atoms with Crippen LogP contribution in [0.5, 0.6) is 0 Å². The highest BCUT2D eigenvalue weighted by Gasteiger charge is 2.24. The van der Waals surface area contributed by atoms with E-state index >= 15 is 0 Å². The standard InChI is InChI=1S/C18H22ClN3O2/c1-13-4-2-6-15(20-13)10-14-5-3-9-22(12-14)18(23)8-7-16-11-17(19)21-24-16/h2,4,6,11,14H,3,5,7-10,12H2,1H3/t14-/m1/s1. The number of hydrogen-bond acceptors (Lipinski definition) is 4. The number of piperidine rings is 1. The highest BCUT2D eigenvalue weighted by Crippen LogP contribution is 2.21. The molecule has 1 saturated heterocycles. The minimum Gasteiger partial charge on any atom is -0.360 e. The van der Waals surface area contributed by atoms with Crippen LogP contribution in [0.4, 0.5) is 0 Å². The van der Waals surface area contributed by atoms with Crippen molar-refractivity contribution in [3.05, 3.63) is 46.6 Å². The normalized spacial score (nSPS) is 17.9. The van der Waals surface area contributed by atoms with Gasteiger partial charge in [0.05, 0.1) is 0 Å². The lowest BCUT2D eigenvalue weighted by Crippen LogP contribution is -2.40. The molecule has 3 rings (SSSR count). The number of nitrogens with zero attached hydrogens (tertiary/aromatic N) is 3. The van der Waals surface area contributed by atoms with E-state index in [4.69, 9.17) is 16.1 Å². The van der Waals surface area contributed by atoms with Gasteiger partial charge in [-0.15, -0.1) is 0 Å². The molecule has 1 fully saturated rings. The molecule has 0 aromatic carbocycles. The minimum atomic E-state index is 0.171. The maximum absolute atomic E-state index is 12.4. The van der Waals surface area contributed by atoms with Crippen molar-refractivity contribution in [3.63, 3.8) is 0 Å². The quantitative estimate of drug-likeness (QED) is 0.831. The van der Waals surface area contributed by atoms with Gasteiger partial charge in [0.15, 0.2) is 5.15 Å². The smallest absolute Gasteiger partial charge is 0.223 e. The van der Waals surface area contributed by atoms with Crippen LogP contribution >= 0.6 is 11.6 Å². The lowest BCUT2D eigenvalue weighted by Gasteiger charge is -2.32. The van der Waals surface area contributed by atoms with Crippen LogP contribution in [-0.4, -0.2) is 34.0 Å². The number of carbonyl (C=O) groups excluding carboxylic acids is 1. The van der Waals surface area contributed by atoms with Gasteiger partial charge < -0.3 is 9.42 Å². The second-order valence-electron chi connectivity index (χ2n) is 6.44. The molecule has 0 spiro atoms. The van der Waals surface area contributed by atoms with Crippen LogP contribution < -0.4 is 0 Å². The van der Waals surface area contributed by atoms with Gasteiger partial charge in [0.25, 0.3) is 0 Å². The highest BCUT2D eigenvalue weighted by molar-refractivity contribution is 6.29. The zero-order valence-electron chi connectivity index (χ0n) is 13.9. The third-order valence-corrected chi connectivity index (χ3v) is 4.61. The molecular formula is C18H22ClN3O2. The van der Waals surface area contributed by atoms with Gasteiger partial charge in [-0.3, -0.25) is 9.78 Å². The van der Waals surface area contributed by atoms with Crippen molar-refractivity contribution < 1.29 is 9.32 Å². The summed E-state index contributed by atoms with van der Waals surface area (Å²) in [5, 5.41) is 3.97. The number of rotatable bonds is 5. The van der Waals surface area contributed by atoms with E-state index < -0.39 is 0 Å². The number of likely N-dealkylation sites (tertiary alicyclic amines) is 1. The predicted octanol–water partition coefficient (Wildman–Crippen LogP) is 3.45. The number of hydrogen-bond donors (Lipinski definition) is 0. The zero-order chi connectivity index (χ0) is 16.9. The fraction of sp³-hybridized carbons (Fsp3) is 0.500. The number of amides is 1. The topological polar surface area (TPSA) is 59.2 Å². The summed E-state index contributed by atoms with van der Waals surface area (Å²) < 4.78 is 5.05. The van der Waals surface area contributed by atoms with E-state index in [-0.39, 0.29) is 5.91 Å². The van der Waals surface area contributed by atoms with E-state index in [9.17, 15) is 4.79 Å². The molecule has 128 valence electrons. The van der Waals surface area contributed by atoms with Gasteiger partial charge in [-0.1, -0.05) is 22.8 Å². The Morgan fingerprint density at radius 1 is 1.46 bits per heavy atom. The molecule has 24 heavy (non-hydrogen) atoms. The van der Waals surface area contributed by atoms with Crippen molar-refractivity contribution in [2.24, 2.45) is 5.92 Å². The van der Waals surface area contributed by atoms with Crippen LogP contribution in [0.1, 0.15) is 36.4 Å². The summed E-state index contributed by atoms with van der Waals surface area (Å²) in [6.07, 6.45) is 4.11. The van der Waals surface area contributed by atoms with Gasteiger partial charge in [-0.2, -0.15) is 0 Å². The maximum atomic E-state index is 12.4. The Hall–Kier alpha value is -1.88. The monoisotopic (exact) mass is 347 g/mol. The van der Waals surface area contributed by atoms with E-state index in [0.29, 0.717) is 29.7 Å². The first-order valence-electron chi connectivity index (χ1n) is 8.41. The molecule has 1 aliphatic heterocycles. The molecule has 5 nitrogen and oxygen atoms in total. The number of carbonyl (C=O) groups is 1. The average molecular weight is 348 g/mol. The van der Waals surface area contributed by atoms with Crippen molar-refractivity contribution in [3.8, 4) is 0 Å². The van der Waals surface area contributed by atoms with Crippen molar-refractivity contribution >= 4 is 17.5 Å². The second-order valence-corrected chi connectivity index (χ2v) is 6.83. The zero-order valence-corrected chi connectivity index (χ0v) is 14.6. The Morgan fingerprint density at radius 2 is 2.33 bits per heavy atom. The summed E-state index contributed by atoms with van der Waals surface area (Å²) in [5.41, 5.74) is 2.16. The average Bonchev–Trinajstić information content (AvgIpc) is 2.98. The van der Waals surface area contributed by atoms with Gasteiger partial charge in [0.1, 0.15) is 5.76 Å². The Morgan fingerprint density at radius 3 is 3.08 bits per heavy atom. The van der Waals surface area contributed by atoms with Gasteiger partial charge >= 0.3 is 0 Å². The van der Waals surface area contributed by atoms with Crippen LogP contribution in [0, 0.1) is 12.8 Å². The van der Waals surface area contributed by atoms with E-state index in [1.54, 1.807) is 6.07 Å². The van der Waals surface area contributed by atoms with Crippen LogP contribution in [0.25, 0.3) is 0 Å². The van der Waals surface area contributed by atoms with Gasteiger partial charge in [0, 0.05) is 43.4 Å². The molecule has 0 bridgehead atoms. The molecule has 1 atom stereocenters. The molecule has 0 aliphatic carbocycles. The molecule has 0 unspecified atom stereocenters. The van der Waals surface area contributed by atoms with E-state index in [1.165, 1.54) is 0 Å². The summed E-state index contributed by atoms with van der Waals surface area (Å²) in [6.45, 7) is 3.66. The first-order chi connectivity index (χ1) is 11.6. The van der Waals surface area contributed by atoms with Crippen molar-refractivity contribution in [2.45, 2.75) is 39.0 Å². The molecular weight excluding hydrogens is 326 g/mol. The lowest BCUT2D eigenvalue weighted by atomic mass is 9.93. The Kier molecular flexibility index (Phi) is 5.51. The summed E-state index contributed by atoms with van der Waals surface area (Å²) in [5.74, 6) is 1.31. The maximum Gasteiger partial charge on any atom is 0.223 e. The molecule has 1 amide bonds.